The van der Waals surface area contributed by atoms with Crippen molar-refractivity contribution < 1.29 is 14.3 Å². The molecule has 0 amide bonds. The minimum atomic E-state index is -1.13. The number of benzene rings is 1. The van der Waals surface area contributed by atoms with Crippen molar-refractivity contribution in [1.82, 2.24) is 9.88 Å². The molecule has 5 heteroatoms. The van der Waals surface area contributed by atoms with E-state index in [2.05, 4.69) is 22.0 Å². The number of nitrogens with zero attached hydrogens (tertiary/aromatic N) is 1. The van der Waals surface area contributed by atoms with Gasteiger partial charge in [-0.3, -0.25) is 4.90 Å². The van der Waals surface area contributed by atoms with Crippen molar-refractivity contribution in [2.75, 3.05) is 27.3 Å². The maximum atomic E-state index is 13.1. The molecule has 5 rings (SSSR count). The molecule has 1 unspecified atom stereocenters. The molecule has 1 aromatic carbocycles. The highest BCUT2D eigenvalue weighted by Crippen LogP contribution is 2.47. The van der Waals surface area contributed by atoms with Gasteiger partial charge in [0.1, 0.15) is 0 Å². The molecule has 1 fully saturated rings. The molecule has 2 bridgehead atoms. The fourth-order valence-electron chi connectivity index (χ4n) is 4.64. The zero-order chi connectivity index (χ0) is 17.6. The molecule has 3 aliphatic heterocycles. The summed E-state index contributed by atoms with van der Waals surface area (Å²) in [6, 6.07) is 8.19. The maximum absolute atomic E-state index is 13.1. The summed E-state index contributed by atoms with van der Waals surface area (Å²) >= 11 is 0. The van der Waals surface area contributed by atoms with E-state index >= 15 is 0 Å². The van der Waals surface area contributed by atoms with E-state index in [1.54, 1.807) is 7.11 Å². The van der Waals surface area contributed by atoms with Crippen LogP contribution in [0, 0.1) is 5.92 Å². The zero-order valence-electron chi connectivity index (χ0n) is 15.0. The van der Waals surface area contributed by atoms with Crippen LogP contribution >= 0.6 is 0 Å². The number of fused-ring (bicyclic) bond motifs is 3. The van der Waals surface area contributed by atoms with Crippen LogP contribution in [-0.4, -0.2) is 43.2 Å². The number of aromatic nitrogens is 1. The van der Waals surface area contributed by atoms with E-state index in [4.69, 9.17) is 9.47 Å². The van der Waals surface area contributed by atoms with Crippen LogP contribution < -0.4 is 0 Å². The van der Waals surface area contributed by atoms with Crippen LogP contribution in [-0.2, 0) is 26.4 Å². The monoisotopic (exact) mass is 340 g/mol. The maximum Gasteiger partial charge on any atom is 0.345 e. The first kappa shape index (κ1) is 16.4. The third-order valence-corrected chi connectivity index (χ3v) is 5.83. The van der Waals surface area contributed by atoms with Gasteiger partial charge in [-0.2, -0.15) is 0 Å². The molecule has 132 valence electrons. The van der Waals surface area contributed by atoms with Gasteiger partial charge in [0.05, 0.1) is 12.8 Å². The third-order valence-electron chi connectivity index (χ3n) is 5.83. The minimum absolute atomic E-state index is 0.0293. The normalized spacial score (nSPS) is 30.1. The average molecular weight is 340 g/mol. The van der Waals surface area contributed by atoms with Gasteiger partial charge in [-0.05, 0) is 31.5 Å². The number of carbonyl (C=O) groups is 1. The molecule has 1 saturated heterocycles. The minimum Gasteiger partial charge on any atom is -0.467 e. The largest absolute Gasteiger partial charge is 0.467 e. The number of para-hydroxylation sites is 1. The van der Waals surface area contributed by atoms with Gasteiger partial charge < -0.3 is 14.5 Å². The fraction of sp³-hybridized carbons (Fsp3) is 0.450. The molecule has 0 aliphatic carbocycles. The lowest BCUT2D eigenvalue weighted by molar-refractivity contribution is -0.177. The number of allylic oxidation sites excluding steroid dienone is 1. The highest BCUT2D eigenvalue weighted by Gasteiger charge is 2.55. The van der Waals surface area contributed by atoms with Crippen LogP contribution in [0.5, 0.6) is 0 Å². The lowest BCUT2D eigenvalue weighted by Crippen LogP contribution is -2.53. The Morgan fingerprint density at radius 3 is 2.84 bits per heavy atom. The van der Waals surface area contributed by atoms with Gasteiger partial charge in [0.2, 0.25) is 5.60 Å². The van der Waals surface area contributed by atoms with Crippen molar-refractivity contribution >= 4 is 16.9 Å². The summed E-state index contributed by atoms with van der Waals surface area (Å²) in [6.07, 6.45) is 3.00. The molecule has 0 spiro atoms. The van der Waals surface area contributed by atoms with Crippen molar-refractivity contribution in [1.29, 1.82) is 0 Å². The average Bonchev–Trinajstić information content (AvgIpc) is 2.99. The van der Waals surface area contributed by atoms with Crippen LogP contribution in [0.15, 0.2) is 35.9 Å². The van der Waals surface area contributed by atoms with Gasteiger partial charge in [-0.1, -0.05) is 29.8 Å². The number of methoxy groups -OCH3 is 2. The number of nitrogens with one attached hydrogen (secondary N) is 1. The Balaban J connectivity index is 2.06. The number of aromatic amines is 1. The molecule has 5 nitrogen and oxygen atoms in total. The second kappa shape index (κ2) is 6.00. The first-order valence-corrected chi connectivity index (χ1v) is 8.76. The first-order valence-electron chi connectivity index (χ1n) is 8.76. The fourth-order valence-corrected chi connectivity index (χ4v) is 4.64. The predicted octanol–water partition coefficient (Wildman–Crippen LogP) is 2.96. The molecular weight excluding hydrogens is 316 g/mol. The summed E-state index contributed by atoms with van der Waals surface area (Å²) in [6.45, 7) is 4.65. The van der Waals surface area contributed by atoms with E-state index in [1.807, 2.05) is 25.1 Å². The van der Waals surface area contributed by atoms with Gasteiger partial charge >= 0.3 is 5.97 Å². The quantitative estimate of drug-likeness (QED) is 0.675. The van der Waals surface area contributed by atoms with E-state index in [0.29, 0.717) is 0 Å². The molecule has 4 heterocycles. The van der Waals surface area contributed by atoms with E-state index in [1.165, 1.54) is 12.7 Å². The van der Waals surface area contributed by atoms with Gasteiger partial charge in [0, 0.05) is 37.0 Å². The molecule has 2 aromatic rings. The number of piperidine rings is 1. The number of hydrogen-bond donors (Lipinski definition) is 1. The van der Waals surface area contributed by atoms with Crippen molar-refractivity contribution in [3.8, 4) is 0 Å². The molecule has 0 saturated carbocycles. The summed E-state index contributed by atoms with van der Waals surface area (Å²) < 4.78 is 11.3. The van der Waals surface area contributed by atoms with E-state index in [0.717, 1.165) is 48.2 Å². The van der Waals surface area contributed by atoms with Crippen molar-refractivity contribution in [2.45, 2.75) is 25.5 Å². The molecule has 0 radical (unpaired) electrons. The van der Waals surface area contributed by atoms with Crippen LogP contribution in [0.25, 0.3) is 10.9 Å². The van der Waals surface area contributed by atoms with E-state index in [-0.39, 0.29) is 11.9 Å². The predicted molar refractivity (Wildman–Crippen MR) is 96.1 cm³/mol. The summed E-state index contributed by atoms with van der Waals surface area (Å²) in [4.78, 5) is 19.0. The highest BCUT2D eigenvalue weighted by molar-refractivity contribution is 5.90. The van der Waals surface area contributed by atoms with Crippen molar-refractivity contribution in [3.63, 3.8) is 0 Å². The van der Waals surface area contributed by atoms with Gasteiger partial charge in [0.25, 0.3) is 0 Å². The Labute approximate surface area is 147 Å². The Morgan fingerprint density at radius 1 is 1.32 bits per heavy atom. The first-order chi connectivity index (χ1) is 12.2. The van der Waals surface area contributed by atoms with Gasteiger partial charge in [-0.25, -0.2) is 4.79 Å². The summed E-state index contributed by atoms with van der Waals surface area (Å²) in [5.74, 6) is -0.360. The van der Waals surface area contributed by atoms with Gasteiger partial charge in [0.15, 0.2) is 0 Å². The Morgan fingerprint density at radius 2 is 2.12 bits per heavy atom. The molecular formula is C20H24N2O3. The molecule has 25 heavy (non-hydrogen) atoms. The standard InChI is InChI=1S/C20H24N2O3/c1-4-13-11-22-10-9-16(13)20(25-3,19(23)24-2)18-15(12-22)14-7-5-6-8-17(14)21-18/h4-8,16,21H,9-12H2,1-3H3/b13-4-/t16-,20+/m0/s1. The molecule has 1 N–H and O–H groups in total. The van der Waals surface area contributed by atoms with Crippen molar-refractivity contribution in [2.24, 2.45) is 5.92 Å². The van der Waals surface area contributed by atoms with Crippen LogP contribution in [0.1, 0.15) is 24.6 Å². The smallest absolute Gasteiger partial charge is 0.345 e. The van der Waals surface area contributed by atoms with Gasteiger partial charge in [-0.15, -0.1) is 0 Å². The lowest BCUT2D eigenvalue weighted by Gasteiger charge is -2.46. The second-order valence-corrected chi connectivity index (χ2v) is 6.87. The number of ether oxygens (including phenoxy) is 2. The molecule has 3 aliphatic rings. The summed E-state index contributed by atoms with van der Waals surface area (Å²) in [5, 5.41) is 1.15. The summed E-state index contributed by atoms with van der Waals surface area (Å²) in [7, 11) is 3.06. The lowest BCUT2D eigenvalue weighted by atomic mass is 9.72. The number of hydrogen-bond acceptors (Lipinski definition) is 4. The van der Waals surface area contributed by atoms with Crippen LogP contribution in [0.3, 0.4) is 0 Å². The van der Waals surface area contributed by atoms with E-state index < -0.39 is 5.60 Å². The zero-order valence-corrected chi connectivity index (χ0v) is 15.0. The number of H-pyrrole nitrogens is 1. The molecule has 3 atom stereocenters. The topological polar surface area (TPSA) is 54.6 Å². The van der Waals surface area contributed by atoms with Crippen LogP contribution in [0.4, 0.5) is 0 Å². The van der Waals surface area contributed by atoms with E-state index in [9.17, 15) is 4.79 Å². The number of carbonyl (C=O) groups excluding carboxylic acids is 1. The third kappa shape index (κ3) is 2.19. The second-order valence-electron chi connectivity index (χ2n) is 6.87. The van der Waals surface area contributed by atoms with Crippen LogP contribution in [0.2, 0.25) is 0 Å². The summed E-state index contributed by atoms with van der Waals surface area (Å²) in [5.41, 5.74) is 3.13. The highest BCUT2D eigenvalue weighted by atomic mass is 16.6. The Hall–Kier alpha value is -2.11. The Bertz CT molecular complexity index is 854. The SMILES string of the molecule is C/C=C1/CN2CC[C@@H]1[C@](OC)(C(=O)OC)c1[nH]c3ccccc3c1C2. The number of rotatable bonds is 2. The molecule has 1 aromatic heterocycles. The Kier molecular flexibility index (Phi) is 3.93. The number of esters is 1. The van der Waals surface area contributed by atoms with Crippen molar-refractivity contribution in [3.05, 3.63) is 47.2 Å².